The number of benzene rings is 1. The molecule has 0 saturated heterocycles. The number of rotatable bonds is 5. The molecule has 158 valence electrons. The lowest BCUT2D eigenvalue weighted by molar-refractivity contribution is 0.0951. The molecule has 0 spiro atoms. The Hall–Kier alpha value is -3.58. The van der Waals surface area contributed by atoms with E-state index in [1.54, 1.807) is 24.7 Å². The van der Waals surface area contributed by atoms with Gasteiger partial charge in [-0.25, -0.2) is 4.98 Å². The van der Waals surface area contributed by atoms with Crippen LogP contribution in [0.1, 0.15) is 32.7 Å². The number of nitrogen functional groups attached to an aromatic ring is 2. The SMILES string of the molecule is Cc1cc(N)nc(C)c1CNC(=O)c1cn(Cc2ccc3ncc(Cl)cc3c2)cc1N. The Morgan fingerprint density at radius 2 is 1.97 bits per heavy atom. The van der Waals surface area contributed by atoms with Crippen LogP contribution in [0, 0.1) is 13.8 Å². The average molecular weight is 435 g/mol. The standard InChI is InChI=1S/C23H23ClN6O/c1-13-5-22(26)29-14(2)18(13)9-28-23(31)19-11-30(12-20(19)25)10-15-3-4-21-16(6-15)7-17(24)8-27-21/h3-8,11-12H,9-10,25H2,1-2H3,(H2,26,29)(H,28,31). The average Bonchev–Trinajstić information content (AvgIpc) is 3.06. The number of pyridine rings is 2. The second kappa shape index (κ2) is 8.28. The normalized spacial score (nSPS) is 11.1. The number of carbonyl (C=O) groups is 1. The number of carbonyl (C=O) groups excluding carboxylic acids is 1. The van der Waals surface area contributed by atoms with Gasteiger partial charge in [-0.3, -0.25) is 9.78 Å². The molecule has 0 aliphatic carbocycles. The summed E-state index contributed by atoms with van der Waals surface area (Å²) in [5, 5.41) is 4.49. The Balaban J connectivity index is 1.49. The fourth-order valence-corrected chi connectivity index (χ4v) is 3.86. The van der Waals surface area contributed by atoms with E-state index in [-0.39, 0.29) is 5.91 Å². The number of fused-ring (bicyclic) bond motifs is 1. The van der Waals surface area contributed by atoms with E-state index in [4.69, 9.17) is 23.1 Å². The van der Waals surface area contributed by atoms with Crippen molar-refractivity contribution < 1.29 is 4.79 Å². The minimum absolute atomic E-state index is 0.235. The van der Waals surface area contributed by atoms with Gasteiger partial charge >= 0.3 is 0 Å². The molecular formula is C23H23ClN6O. The molecule has 4 aromatic rings. The largest absolute Gasteiger partial charge is 0.397 e. The highest BCUT2D eigenvalue weighted by Crippen LogP contribution is 2.21. The third-order valence-electron chi connectivity index (χ3n) is 5.23. The van der Waals surface area contributed by atoms with E-state index >= 15 is 0 Å². The van der Waals surface area contributed by atoms with Crippen LogP contribution in [-0.2, 0) is 13.1 Å². The van der Waals surface area contributed by atoms with Crippen LogP contribution < -0.4 is 16.8 Å². The van der Waals surface area contributed by atoms with Gasteiger partial charge < -0.3 is 21.4 Å². The van der Waals surface area contributed by atoms with Crippen molar-refractivity contribution in [3.63, 3.8) is 0 Å². The van der Waals surface area contributed by atoms with Crippen LogP contribution in [0.2, 0.25) is 5.02 Å². The van der Waals surface area contributed by atoms with E-state index in [2.05, 4.69) is 15.3 Å². The number of halogens is 1. The Morgan fingerprint density at radius 1 is 1.16 bits per heavy atom. The van der Waals surface area contributed by atoms with Gasteiger partial charge in [0.05, 0.1) is 21.8 Å². The Labute approximate surface area is 185 Å². The van der Waals surface area contributed by atoms with E-state index in [1.165, 1.54) is 0 Å². The van der Waals surface area contributed by atoms with Crippen molar-refractivity contribution in [1.82, 2.24) is 19.9 Å². The highest BCUT2D eigenvalue weighted by atomic mass is 35.5. The van der Waals surface area contributed by atoms with Crippen molar-refractivity contribution in [2.75, 3.05) is 11.5 Å². The maximum absolute atomic E-state index is 12.7. The first-order valence-corrected chi connectivity index (χ1v) is 10.2. The molecule has 0 atom stereocenters. The predicted molar refractivity (Wildman–Crippen MR) is 124 cm³/mol. The highest BCUT2D eigenvalue weighted by Gasteiger charge is 2.14. The highest BCUT2D eigenvalue weighted by molar-refractivity contribution is 6.31. The van der Waals surface area contributed by atoms with E-state index in [9.17, 15) is 4.79 Å². The number of hydrogen-bond acceptors (Lipinski definition) is 5. The van der Waals surface area contributed by atoms with E-state index < -0.39 is 0 Å². The van der Waals surface area contributed by atoms with Crippen LogP contribution in [0.4, 0.5) is 11.5 Å². The van der Waals surface area contributed by atoms with Crippen molar-refractivity contribution in [2.24, 2.45) is 0 Å². The zero-order chi connectivity index (χ0) is 22.1. The molecule has 0 unspecified atom stereocenters. The molecule has 4 rings (SSSR count). The predicted octanol–water partition coefficient (Wildman–Crippen LogP) is 3.84. The summed E-state index contributed by atoms with van der Waals surface area (Å²) < 4.78 is 1.89. The van der Waals surface area contributed by atoms with Gasteiger partial charge in [-0.1, -0.05) is 17.7 Å². The molecule has 0 bridgehead atoms. The van der Waals surface area contributed by atoms with Crippen molar-refractivity contribution in [2.45, 2.75) is 26.9 Å². The molecule has 1 amide bonds. The summed E-state index contributed by atoms with van der Waals surface area (Å²) in [4.78, 5) is 21.3. The second-order valence-corrected chi connectivity index (χ2v) is 8.03. The number of nitrogens with zero attached hydrogens (tertiary/aromatic N) is 3. The Morgan fingerprint density at radius 3 is 2.74 bits per heavy atom. The zero-order valence-corrected chi connectivity index (χ0v) is 18.1. The van der Waals surface area contributed by atoms with E-state index in [1.807, 2.05) is 42.7 Å². The molecule has 0 saturated carbocycles. The summed E-state index contributed by atoms with van der Waals surface area (Å²) in [6, 6.07) is 9.66. The topological polar surface area (TPSA) is 112 Å². The molecule has 31 heavy (non-hydrogen) atoms. The fourth-order valence-electron chi connectivity index (χ4n) is 3.69. The lowest BCUT2D eigenvalue weighted by Gasteiger charge is -2.11. The smallest absolute Gasteiger partial charge is 0.255 e. The molecule has 0 aliphatic heterocycles. The van der Waals surface area contributed by atoms with Crippen molar-refractivity contribution in [3.05, 3.63) is 81.9 Å². The first-order chi connectivity index (χ1) is 14.8. The van der Waals surface area contributed by atoms with Crippen LogP contribution in [0.25, 0.3) is 10.9 Å². The van der Waals surface area contributed by atoms with Crippen LogP contribution in [-0.4, -0.2) is 20.4 Å². The zero-order valence-electron chi connectivity index (χ0n) is 17.3. The molecule has 3 heterocycles. The molecule has 3 aromatic heterocycles. The minimum atomic E-state index is -0.235. The number of nitrogens with two attached hydrogens (primary N) is 2. The number of aromatic nitrogens is 3. The van der Waals surface area contributed by atoms with Crippen LogP contribution >= 0.6 is 11.6 Å². The number of nitrogens with one attached hydrogen (secondary N) is 1. The van der Waals surface area contributed by atoms with Gasteiger partial charge in [0.1, 0.15) is 5.82 Å². The van der Waals surface area contributed by atoms with Crippen LogP contribution in [0.3, 0.4) is 0 Å². The molecular weight excluding hydrogens is 412 g/mol. The summed E-state index contributed by atoms with van der Waals surface area (Å²) >= 11 is 6.05. The molecule has 0 aliphatic rings. The van der Waals surface area contributed by atoms with Gasteiger partial charge in [0, 0.05) is 42.8 Å². The second-order valence-electron chi connectivity index (χ2n) is 7.59. The van der Waals surface area contributed by atoms with Gasteiger partial charge in [0.2, 0.25) is 0 Å². The van der Waals surface area contributed by atoms with Crippen molar-refractivity contribution in [3.8, 4) is 0 Å². The monoisotopic (exact) mass is 434 g/mol. The maximum Gasteiger partial charge on any atom is 0.255 e. The summed E-state index contributed by atoms with van der Waals surface area (Å²) in [6.07, 6.45) is 5.15. The summed E-state index contributed by atoms with van der Waals surface area (Å²) in [5.41, 5.74) is 17.4. The third-order valence-corrected chi connectivity index (χ3v) is 5.44. The third kappa shape index (κ3) is 4.46. The van der Waals surface area contributed by atoms with E-state index in [0.29, 0.717) is 35.2 Å². The molecule has 8 heteroatoms. The first kappa shape index (κ1) is 20.7. The number of amides is 1. The summed E-state index contributed by atoms with van der Waals surface area (Å²) in [7, 11) is 0. The number of aryl methyl sites for hydroxylation is 2. The van der Waals surface area contributed by atoms with Gasteiger partial charge in [0.25, 0.3) is 5.91 Å². The molecule has 5 N–H and O–H groups in total. The van der Waals surface area contributed by atoms with E-state index in [0.717, 1.165) is 33.3 Å². The van der Waals surface area contributed by atoms with Gasteiger partial charge in [-0.05, 0) is 54.8 Å². The number of anilines is 2. The van der Waals surface area contributed by atoms with Gasteiger partial charge in [-0.15, -0.1) is 0 Å². The minimum Gasteiger partial charge on any atom is -0.397 e. The molecule has 1 aromatic carbocycles. The van der Waals surface area contributed by atoms with Gasteiger partial charge in [-0.2, -0.15) is 0 Å². The van der Waals surface area contributed by atoms with Crippen LogP contribution in [0.15, 0.2) is 48.9 Å². The van der Waals surface area contributed by atoms with Crippen molar-refractivity contribution in [1.29, 1.82) is 0 Å². The summed E-state index contributed by atoms with van der Waals surface area (Å²) in [6.45, 7) is 4.75. The Kier molecular flexibility index (Phi) is 5.52. The lowest BCUT2D eigenvalue weighted by Crippen LogP contribution is -2.24. The Bertz CT molecular complexity index is 1270. The molecule has 7 nitrogen and oxygen atoms in total. The van der Waals surface area contributed by atoms with Crippen molar-refractivity contribution >= 4 is 39.9 Å². The number of hydrogen-bond donors (Lipinski definition) is 3. The first-order valence-electron chi connectivity index (χ1n) is 9.80. The molecule has 0 radical (unpaired) electrons. The van der Waals surface area contributed by atoms with Crippen LogP contribution in [0.5, 0.6) is 0 Å². The van der Waals surface area contributed by atoms with Gasteiger partial charge in [0.15, 0.2) is 0 Å². The maximum atomic E-state index is 12.7. The lowest BCUT2D eigenvalue weighted by atomic mass is 10.1. The summed E-state index contributed by atoms with van der Waals surface area (Å²) in [5.74, 6) is 0.236. The fraction of sp³-hybridized carbons (Fsp3) is 0.174. The quantitative estimate of drug-likeness (QED) is 0.441. The molecule has 0 fully saturated rings.